The minimum absolute atomic E-state index is 0.169. The Bertz CT molecular complexity index is 554. The van der Waals surface area contributed by atoms with Gasteiger partial charge < -0.3 is 10.1 Å². The van der Waals surface area contributed by atoms with Crippen molar-refractivity contribution in [3.05, 3.63) is 53.9 Å². The van der Waals surface area contributed by atoms with Crippen LogP contribution in [0.1, 0.15) is 12.0 Å². The molecule has 0 radical (unpaired) electrons. The highest BCUT2D eigenvalue weighted by Gasteiger charge is 2.10. The normalized spacial score (nSPS) is 14.2. The number of aryl methyl sites for hydroxylation is 1. The number of allylic oxidation sites excluding steroid dienone is 2. The van der Waals surface area contributed by atoms with Crippen molar-refractivity contribution in [1.29, 1.82) is 0 Å². The van der Waals surface area contributed by atoms with Crippen LogP contribution in [0.15, 0.2) is 53.4 Å². The zero-order valence-electron chi connectivity index (χ0n) is 11.0. The van der Waals surface area contributed by atoms with Gasteiger partial charge in [0, 0.05) is 19.7 Å². The monoisotopic (exact) mass is 256 g/mol. The molecule has 1 aromatic rings. The lowest BCUT2D eigenvalue weighted by molar-refractivity contribution is -0.114. The minimum Gasteiger partial charge on any atom is -0.458 e. The number of rotatable bonds is 3. The predicted molar refractivity (Wildman–Crippen MR) is 75.1 cm³/mol. The minimum atomic E-state index is -0.169. The van der Waals surface area contributed by atoms with Crippen LogP contribution in [-0.2, 0) is 4.79 Å². The molecule has 0 aromatic heterocycles. The first-order chi connectivity index (χ1) is 9.19. The zero-order valence-corrected chi connectivity index (χ0v) is 11.0. The molecule has 0 saturated heterocycles. The molecule has 0 atom stereocenters. The molecule has 98 valence electrons. The fourth-order valence-corrected chi connectivity index (χ4v) is 1.63. The smallest absolute Gasteiger partial charge is 0.265 e. The first-order valence-electron chi connectivity index (χ1n) is 6.09. The molecule has 4 nitrogen and oxygen atoms in total. The summed E-state index contributed by atoms with van der Waals surface area (Å²) < 4.78 is 5.72. The highest BCUT2D eigenvalue weighted by molar-refractivity contribution is 6.39. The van der Waals surface area contributed by atoms with Gasteiger partial charge in [-0.1, -0.05) is 17.7 Å². The summed E-state index contributed by atoms with van der Waals surface area (Å²) >= 11 is 0. The second-order valence-corrected chi connectivity index (χ2v) is 4.20. The van der Waals surface area contributed by atoms with Gasteiger partial charge >= 0.3 is 0 Å². The molecule has 1 N–H and O–H groups in total. The SMILES string of the molecule is CNC(=O)C1=NC=CC(Oc2ccc(C)cc2)=CC1. The number of hydrogen-bond acceptors (Lipinski definition) is 3. The number of nitrogens with one attached hydrogen (secondary N) is 1. The van der Waals surface area contributed by atoms with Crippen LogP contribution in [0.5, 0.6) is 5.75 Å². The van der Waals surface area contributed by atoms with E-state index < -0.39 is 0 Å². The van der Waals surface area contributed by atoms with Gasteiger partial charge in [0.25, 0.3) is 5.91 Å². The molecule has 19 heavy (non-hydrogen) atoms. The van der Waals surface area contributed by atoms with Crippen molar-refractivity contribution in [3.63, 3.8) is 0 Å². The summed E-state index contributed by atoms with van der Waals surface area (Å²) in [4.78, 5) is 15.6. The van der Waals surface area contributed by atoms with Crippen LogP contribution < -0.4 is 10.1 Å². The summed E-state index contributed by atoms with van der Waals surface area (Å²) in [7, 11) is 1.59. The summed E-state index contributed by atoms with van der Waals surface area (Å²) in [6, 6.07) is 7.80. The summed E-state index contributed by atoms with van der Waals surface area (Å²) in [6.07, 6.45) is 5.62. The van der Waals surface area contributed by atoms with Crippen molar-refractivity contribution in [2.24, 2.45) is 4.99 Å². The number of ether oxygens (including phenoxy) is 1. The van der Waals surface area contributed by atoms with E-state index in [0.717, 1.165) is 5.75 Å². The Morgan fingerprint density at radius 2 is 2.05 bits per heavy atom. The fourth-order valence-electron chi connectivity index (χ4n) is 1.63. The van der Waals surface area contributed by atoms with Gasteiger partial charge in [0.15, 0.2) is 0 Å². The molecule has 0 aliphatic carbocycles. The number of aliphatic imine (C=N–C) groups is 1. The molecule has 1 heterocycles. The predicted octanol–water partition coefficient (Wildman–Crippen LogP) is 2.36. The van der Waals surface area contributed by atoms with Crippen LogP contribution in [0.25, 0.3) is 0 Å². The highest BCUT2D eigenvalue weighted by Crippen LogP contribution is 2.17. The van der Waals surface area contributed by atoms with E-state index in [0.29, 0.717) is 17.9 Å². The van der Waals surface area contributed by atoms with Gasteiger partial charge in [0.2, 0.25) is 0 Å². The maximum atomic E-state index is 11.5. The van der Waals surface area contributed by atoms with Crippen LogP contribution >= 0.6 is 0 Å². The van der Waals surface area contributed by atoms with Crippen molar-refractivity contribution in [3.8, 4) is 5.75 Å². The van der Waals surface area contributed by atoms with Gasteiger partial charge in [-0.3, -0.25) is 9.79 Å². The van der Waals surface area contributed by atoms with Gasteiger partial charge in [0.1, 0.15) is 17.2 Å². The summed E-state index contributed by atoms with van der Waals surface area (Å²) in [5.74, 6) is 1.29. The van der Waals surface area contributed by atoms with Crippen LogP contribution in [0, 0.1) is 6.92 Å². The van der Waals surface area contributed by atoms with Crippen molar-refractivity contribution in [1.82, 2.24) is 5.32 Å². The van der Waals surface area contributed by atoms with Crippen LogP contribution in [0.4, 0.5) is 0 Å². The number of amides is 1. The lowest BCUT2D eigenvalue weighted by Gasteiger charge is -2.06. The molecule has 4 heteroatoms. The molecule has 0 fully saturated rings. The highest BCUT2D eigenvalue weighted by atomic mass is 16.5. The third kappa shape index (κ3) is 3.55. The van der Waals surface area contributed by atoms with Gasteiger partial charge in [-0.2, -0.15) is 0 Å². The van der Waals surface area contributed by atoms with E-state index in [9.17, 15) is 4.79 Å². The van der Waals surface area contributed by atoms with Crippen LogP contribution in [0.2, 0.25) is 0 Å². The third-order valence-electron chi connectivity index (χ3n) is 2.71. The quantitative estimate of drug-likeness (QED) is 0.902. The van der Waals surface area contributed by atoms with Gasteiger partial charge in [0.05, 0.1) is 0 Å². The summed E-state index contributed by atoms with van der Waals surface area (Å²) in [5, 5.41) is 2.56. The molecule has 0 spiro atoms. The Morgan fingerprint density at radius 3 is 2.74 bits per heavy atom. The van der Waals surface area contributed by atoms with Crippen molar-refractivity contribution in [2.45, 2.75) is 13.3 Å². The molecule has 0 bridgehead atoms. The van der Waals surface area contributed by atoms with E-state index in [4.69, 9.17) is 4.74 Å². The third-order valence-corrected chi connectivity index (χ3v) is 2.71. The molecule has 0 unspecified atom stereocenters. The van der Waals surface area contributed by atoms with E-state index in [1.807, 2.05) is 37.3 Å². The first kappa shape index (κ1) is 13.1. The molecule has 2 rings (SSSR count). The maximum absolute atomic E-state index is 11.5. The number of benzene rings is 1. The van der Waals surface area contributed by atoms with Crippen molar-refractivity contribution < 1.29 is 9.53 Å². The molecular formula is C15H16N2O2. The zero-order chi connectivity index (χ0) is 13.7. The largest absolute Gasteiger partial charge is 0.458 e. The average Bonchev–Trinajstić information content (AvgIpc) is 2.66. The van der Waals surface area contributed by atoms with Gasteiger partial charge in [-0.15, -0.1) is 0 Å². The second kappa shape index (κ2) is 6.00. The molecule has 1 aliphatic heterocycles. The van der Waals surface area contributed by atoms with Gasteiger partial charge in [-0.25, -0.2) is 0 Å². The Kier molecular flexibility index (Phi) is 4.13. The molecular weight excluding hydrogens is 240 g/mol. The lowest BCUT2D eigenvalue weighted by atomic mass is 10.2. The topological polar surface area (TPSA) is 50.7 Å². The van der Waals surface area contributed by atoms with E-state index >= 15 is 0 Å². The molecule has 1 amide bonds. The maximum Gasteiger partial charge on any atom is 0.265 e. The Labute approximate surface area is 112 Å². The molecule has 1 aliphatic rings. The molecule has 1 aromatic carbocycles. The van der Waals surface area contributed by atoms with Crippen molar-refractivity contribution in [2.75, 3.05) is 7.05 Å². The molecule has 0 saturated carbocycles. The number of nitrogens with zero attached hydrogens (tertiary/aromatic N) is 1. The Morgan fingerprint density at radius 1 is 1.32 bits per heavy atom. The van der Waals surface area contributed by atoms with Crippen LogP contribution in [0.3, 0.4) is 0 Å². The summed E-state index contributed by atoms with van der Waals surface area (Å²) in [5.41, 5.74) is 1.66. The Balaban J connectivity index is 2.06. The average molecular weight is 256 g/mol. The van der Waals surface area contributed by atoms with Crippen molar-refractivity contribution >= 4 is 11.6 Å². The van der Waals surface area contributed by atoms with E-state index in [2.05, 4.69) is 10.3 Å². The summed E-state index contributed by atoms with van der Waals surface area (Å²) in [6.45, 7) is 2.03. The number of hydrogen-bond donors (Lipinski definition) is 1. The van der Waals surface area contributed by atoms with E-state index in [-0.39, 0.29) is 5.91 Å². The number of carbonyl (C=O) groups is 1. The van der Waals surface area contributed by atoms with E-state index in [1.165, 1.54) is 5.56 Å². The van der Waals surface area contributed by atoms with Gasteiger partial charge in [-0.05, 0) is 31.2 Å². The van der Waals surface area contributed by atoms with E-state index in [1.54, 1.807) is 19.3 Å². The first-order valence-corrected chi connectivity index (χ1v) is 6.09. The van der Waals surface area contributed by atoms with Crippen LogP contribution in [-0.4, -0.2) is 18.7 Å². The fraction of sp³-hybridized carbons (Fsp3) is 0.200. The Hall–Kier alpha value is -2.36. The standard InChI is InChI=1S/C15H16N2O2/c1-11-3-5-12(6-4-11)19-13-7-8-14(15(18)16-2)17-10-9-13/h3-7,9-10H,8H2,1-2H3,(H,16,18). The number of carbonyl (C=O) groups excluding carboxylic acids is 1. The second-order valence-electron chi connectivity index (χ2n) is 4.20. The lowest BCUT2D eigenvalue weighted by Crippen LogP contribution is -2.26.